The number of piperazine rings is 1. The molecule has 0 aromatic heterocycles. The molecule has 0 N–H and O–H groups in total. The smallest absolute Gasteiger partial charge is 0.0825 e. The molecule has 1 aliphatic heterocycles. The predicted octanol–water partition coefficient (Wildman–Crippen LogP) is 5.33. The second-order valence-corrected chi connectivity index (χ2v) is 8.20. The molecule has 0 bridgehead atoms. The van der Waals surface area contributed by atoms with Gasteiger partial charge in [-0.3, -0.25) is 4.90 Å². The minimum Gasteiger partial charge on any atom is -0.368 e. The predicted molar refractivity (Wildman–Crippen MR) is 98.4 cm³/mol. The van der Waals surface area contributed by atoms with E-state index in [0.29, 0.717) is 15.5 Å². The molecule has 0 atom stereocenters. The molecule has 1 aromatic carbocycles. The van der Waals surface area contributed by atoms with Gasteiger partial charge in [0, 0.05) is 26.2 Å². The molecule has 0 saturated carbocycles. The summed E-state index contributed by atoms with van der Waals surface area (Å²) in [6.45, 7) is 12.4. The lowest BCUT2D eigenvalue weighted by Gasteiger charge is -2.36. The number of hydrogen-bond acceptors (Lipinski definition) is 2. The molecule has 0 aliphatic carbocycles. The molecule has 1 saturated heterocycles. The minimum absolute atomic E-state index is 0.460. The van der Waals surface area contributed by atoms with E-state index in [1.807, 2.05) is 12.1 Å². The van der Waals surface area contributed by atoms with Crippen LogP contribution in [0.3, 0.4) is 0 Å². The maximum atomic E-state index is 6.32. The monoisotopic (exact) mass is 342 g/mol. The van der Waals surface area contributed by atoms with Gasteiger partial charge in [0.2, 0.25) is 0 Å². The highest BCUT2D eigenvalue weighted by Crippen LogP contribution is 2.32. The van der Waals surface area contributed by atoms with Crippen molar-refractivity contribution >= 4 is 28.9 Å². The van der Waals surface area contributed by atoms with E-state index in [4.69, 9.17) is 23.2 Å². The topological polar surface area (TPSA) is 6.48 Å². The van der Waals surface area contributed by atoms with Crippen LogP contribution < -0.4 is 4.90 Å². The lowest BCUT2D eigenvalue weighted by molar-refractivity contribution is 0.245. The largest absolute Gasteiger partial charge is 0.368 e. The van der Waals surface area contributed by atoms with Gasteiger partial charge in [0.15, 0.2) is 0 Å². The van der Waals surface area contributed by atoms with Gasteiger partial charge in [0.05, 0.1) is 15.7 Å². The van der Waals surface area contributed by atoms with E-state index >= 15 is 0 Å². The zero-order valence-corrected chi connectivity index (χ0v) is 15.6. The van der Waals surface area contributed by atoms with Crippen molar-refractivity contribution in [2.45, 2.75) is 40.0 Å². The maximum absolute atomic E-state index is 6.32. The third-order valence-electron chi connectivity index (χ3n) is 4.30. The molecule has 1 fully saturated rings. The van der Waals surface area contributed by atoms with Gasteiger partial charge >= 0.3 is 0 Å². The van der Waals surface area contributed by atoms with Gasteiger partial charge < -0.3 is 4.90 Å². The Bertz CT molecular complexity index is 474. The molecule has 4 heteroatoms. The van der Waals surface area contributed by atoms with Crippen molar-refractivity contribution in [2.75, 3.05) is 37.6 Å². The summed E-state index contributed by atoms with van der Waals surface area (Å²) in [5.74, 6) is 0. The molecular formula is C18H28Cl2N2. The van der Waals surface area contributed by atoms with E-state index < -0.39 is 0 Å². The average Bonchev–Trinajstić information content (AvgIpc) is 2.46. The van der Waals surface area contributed by atoms with Crippen molar-refractivity contribution < 1.29 is 0 Å². The summed E-state index contributed by atoms with van der Waals surface area (Å²) in [7, 11) is 0. The van der Waals surface area contributed by atoms with Crippen molar-refractivity contribution in [3.8, 4) is 0 Å². The molecule has 22 heavy (non-hydrogen) atoms. The Kier molecular flexibility index (Phi) is 6.43. The van der Waals surface area contributed by atoms with Crippen molar-refractivity contribution in [2.24, 2.45) is 5.41 Å². The van der Waals surface area contributed by atoms with Gasteiger partial charge in [-0.2, -0.15) is 0 Å². The first-order chi connectivity index (χ1) is 10.4. The van der Waals surface area contributed by atoms with Crippen molar-refractivity contribution in [1.29, 1.82) is 0 Å². The van der Waals surface area contributed by atoms with Gasteiger partial charge in [0.25, 0.3) is 0 Å². The Labute approximate surface area is 145 Å². The van der Waals surface area contributed by atoms with Crippen LogP contribution in [0.2, 0.25) is 10.0 Å². The van der Waals surface area contributed by atoms with Crippen LogP contribution in [-0.4, -0.2) is 37.6 Å². The molecular weight excluding hydrogens is 315 g/mol. The molecule has 1 aliphatic rings. The van der Waals surface area contributed by atoms with E-state index in [9.17, 15) is 0 Å². The summed E-state index contributed by atoms with van der Waals surface area (Å²) >= 11 is 12.4. The van der Waals surface area contributed by atoms with Crippen molar-refractivity contribution in [3.63, 3.8) is 0 Å². The Hall–Kier alpha value is -0.440. The highest BCUT2D eigenvalue weighted by atomic mass is 35.5. The average molecular weight is 343 g/mol. The molecule has 0 spiro atoms. The number of hydrogen-bond donors (Lipinski definition) is 0. The summed E-state index contributed by atoms with van der Waals surface area (Å²) in [6, 6.07) is 5.88. The van der Waals surface area contributed by atoms with E-state index in [1.165, 1.54) is 25.8 Å². The Morgan fingerprint density at radius 1 is 1.00 bits per heavy atom. The molecule has 1 aromatic rings. The van der Waals surface area contributed by atoms with Crippen molar-refractivity contribution in [1.82, 2.24) is 4.90 Å². The Morgan fingerprint density at radius 2 is 1.68 bits per heavy atom. The SMILES string of the molecule is CC(C)(C)CCCCN1CCN(c2cccc(Cl)c2Cl)CC1. The lowest BCUT2D eigenvalue weighted by atomic mass is 9.90. The second kappa shape index (κ2) is 7.90. The fourth-order valence-corrected chi connectivity index (χ4v) is 3.35. The van der Waals surface area contributed by atoms with Crippen LogP contribution in [0.1, 0.15) is 40.0 Å². The maximum Gasteiger partial charge on any atom is 0.0825 e. The first-order valence-corrected chi connectivity index (χ1v) is 9.04. The van der Waals surface area contributed by atoms with Crippen LogP contribution in [0.15, 0.2) is 18.2 Å². The number of benzene rings is 1. The highest BCUT2D eigenvalue weighted by molar-refractivity contribution is 6.43. The Morgan fingerprint density at radius 3 is 2.32 bits per heavy atom. The molecule has 0 unspecified atom stereocenters. The number of halogens is 2. The third-order valence-corrected chi connectivity index (χ3v) is 5.10. The van der Waals surface area contributed by atoms with Gasteiger partial charge in [-0.1, -0.05) is 56.5 Å². The van der Waals surface area contributed by atoms with Gasteiger partial charge in [0.1, 0.15) is 0 Å². The highest BCUT2D eigenvalue weighted by Gasteiger charge is 2.19. The summed E-state index contributed by atoms with van der Waals surface area (Å²) in [6.07, 6.45) is 3.93. The van der Waals surface area contributed by atoms with Crippen molar-refractivity contribution in [3.05, 3.63) is 28.2 Å². The summed E-state index contributed by atoms with van der Waals surface area (Å²) in [5, 5.41) is 1.33. The molecule has 0 amide bonds. The Balaban J connectivity index is 1.75. The fourth-order valence-electron chi connectivity index (χ4n) is 2.94. The molecule has 2 nitrogen and oxygen atoms in total. The summed E-state index contributed by atoms with van der Waals surface area (Å²) < 4.78 is 0. The number of unbranched alkanes of at least 4 members (excludes halogenated alkanes) is 1. The fraction of sp³-hybridized carbons (Fsp3) is 0.667. The number of rotatable bonds is 5. The van der Waals surface area contributed by atoms with Crippen LogP contribution in [0, 0.1) is 5.41 Å². The number of anilines is 1. The van der Waals surface area contributed by atoms with Gasteiger partial charge in [-0.15, -0.1) is 0 Å². The van der Waals surface area contributed by atoms with Crippen LogP contribution in [0.5, 0.6) is 0 Å². The molecule has 0 radical (unpaired) electrons. The van der Waals surface area contributed by atoms with Gasteiger partial charge in [-0.25, -0.2) is 0 Å². The van der Waals surface area contributed by atoms with E-state index in [2.05, 4.69) is 36.6 Å². The van der Waals surface area contributed by atoms with E-state index in [1.54, 1.807) is 0 Å². The van der Waals surface area contributed by atoms with E-state index in [0.717, 1.165) is 31.9 Å². The molecule has 124 valence electrons. The lowest BCUT2D eigenvalue weighted by Crippen LogP contribution is -2.46. The van der Waals surface area contributed by atoms with E-state index in [-0.39, 0.29) is 0 Å². The third kappa shape index (κ3) is 5.33. The van der Waals surface area contributed by atoms with Gasteiger partial charge in [-0.05, 0) is 36.9 Å². The molecule has 1 heterocycles. The zero-order chi connectivity index (χ0) is 16.2. The zero-order valence-electron chi connectivity index (χ0n) is 14.0. The summed E-state index contributed by atoms with van der Waals surface area (Å²) in [4.78, 5) is 4.91. The number of nitrogens with zero attached hydrogens (tertiary/aromatic N) is 2. The van der Waals surface area contributed by atoms with Crippen LogP contribution in [0.4, 0.5) is 5.69 Å². The summed E-state index contributed by atoms with van der Waals surface area (Å²) in [5.41, 5.74) is 1.53. The normalized spacial score (nSPS) is 17.0. The quantitative estimate of drug-likeness (QED) is 0.667. The minimum atomic E-state index is 0.460. The first kappa shape index (κ1) is 17.9. The second-order valence-electron chi connectivity index (χ2n) is 7.42. The standard InChI is InChI=1S/C18H28Cl2N2/c1-18(2,3)9-4-5-10-21-11-13-22(14-12-21)16-8-6-7-15(19)17(16)20/h6-8H,4-5,9-14H2,1-3H3. The first-order valence-electron chi connectivity index (χ1n) is 8.28. The van der Waals surface area contributed by atoms with Crippen LogP contribution in [0.25, 0.3) is 0 Å². The van der Waals surface area contributed by atoms with Crippen LogP contribution in [-0.2, 0) is 0 Å². The van der Waals surface area contributed by atoms with Crippen LogP contribution >= 0.6 is 23.2 Å². The molecule has 2 rings (SSSR count).